The van der Waals surface area contributed by atoms with Crippen molar-refractivity contribution in [3.63, 3.8) is 0 Å². The summed E-state index contributed by atoms with van der Waals surface area (Å²) in [6.45, 7) is 6.00. The quantitative estimate of drug-likeness (QED) is 0.611. The zero-order valence-electron chi connectivity index (χ0n) is 16.2. The van der Waals surface area contributed by atoms with Gasteiger partial charge in [0.15, 0.2) is 0 Å². The molecule has 28 heavy (non-hydrogen) atoms. The van der Waals surface area contributed by atoms with Crippen LogP contribution in [0.1, 0.15) is 17.5 Å². The molecule has 0 bridgehead atoms. The van der Waals surface area contributed by atoms with Crippen molar-refractivity contribution in [1.29, 1.82) is 0 Å². The summed E-state index contributed by atoms with van der Waals surface area (Å²) < 4.78 is 5.41. The Balaban J connectivity index is 1.49. The van der Waals surface area contributed by atoms with Crippen LogP contribution in [0.25, 0.3) is 0 Å². The van der Waals surface area contributed by atoms with Gasteiger partial charge in [0.1, 0.15) is 0 Å². The third-order valence-electron chi connectivity index (χ3n) is 4.70. The average molecular weight is 401 g/mol. The van der Waals surface area contributed by atoms with E-state index in [2.05, 4.69) is 14.9 Å². The SMILES string of the molecule is O=C(CSCc1cccnc1)N(CCCN1CCOCC1)Cc1ccncc1. The summed E-state index contributed by atoms with van der Waals surface area (Å²) in [5.74, 6) is 1.47. The monoisotopic (exact) mass is 400 g/mol. The lowest BCUT2D eigenvalue weighted by Gasteiger charge is -2.28. The Kier molecular flexibility index (Phi) is 8.74. The predicted molar refractivity (Wildman–Crippen MR) is 112 cm³/mol. The number of carbonyl (C=O) groups is 1. The first-order valence-electron chi connectivity index (χ1n) is 9.75. The van der Waals surface area contributed by atoms with E-state index < -0.39 is 0 Å². The minimum atomic E-state index is 0.188. The Labute approximate surface area is 171 Å². The van der Waals surface area contributed by atoms with Crippen LogP contribution in [0.4, 0.5) is 0 Å². The molecule has 1 fully saturated rings. The molecule has 3 heterocycles. The lowest BCUT2D eigenvalue weighted by atomic mass is 10.2. The van der Waals surface area contributed by atoms with Gasteiger partial charge >= 0.3 is 0 Å². The molecule has 0 radical (unpaired) electrons. The molecule has 1 amide bonds. The first-order valence-corrected chi connectivity index (χ1v) is 10.9. The largest absolute Gasteiger partial charge is 0.379 e. The minimum absolute atomic E-state index is 0.188. The van der Waals surface area contributed by atoms with Crippen molar-refractivity contribution >= 4 is 17.7 Å². The van der Waals surface area contributed by atoms with Crippen LogP contribution in [-0.4, -0.2) is 70.8 Å². The highest BCUT2D eigenvalue weighted by molar-refractivity contribution is 7.99. The van der Waals surface area contributed by atoms with Crippen LogP contribution in [0.3, 0.4) is 0 Å². The second-order valence-corrected chi connectivity index (χ2v) is 7.82. The Morgan fingerprint density at radius 2 is 1.93 bits per heavy atom. The van der Waals surface area contributed by atoms with Crippen LogP contribution < -0.4 is 0 Å². The van der Waals surface area contributed by atoms with E-state index in [-0.39, 0.29) is 5.91 Å². The van der Waals surface area contributed by atoms with Gasteiger partial charge in [-0.2, -0.15) is 0 Å². The van der Waals surface area contributed by atoms with Gasteiger partial charge < -0.3 is 9.64 Å². The lowest BCUT2D eigenvalue weighted by Crippen LogP contribution is -2.39. The van der Waals surface area contributed by atoms with Crippen molar-refractivity contribution < 1.29 is 9.53 Å². The van der Waals surface area contributed by atoms with Gasteiger partial charge in [0.25, 0.3) is 0 Å². The Hall–Kier alpha value is -1.96. The number of pyridine rings is 2. The van der Waals surface area contributed by atoms with Gasteiger partial charge in [-0.25, -0.2) is 0 Å². The third-order valence-corrected chi connectivity index (χ3v) is 5.69. The van der Waals surface area contributed by atoms with Crippen molar-refractivity contribution in [2.24, 2.45) is 0 Å². The van der Waals surface area contributed by atoms with E-state index in [0.717, 1.165) is 62.7 Å². The van der Waals surface area contributed by atoms with E-state index in [1.807, 2.05) is 35.4 Å². The number of rotatable bonds is 10. The predicted octanol–water partition coefficient (Wildman–Crippen LogP) is 2.46. The van der Waals surface area contributed by atoms with Gasteiger partial charge in [0, 0.05) is 63.3 Å². The zero-order valence-corrected chi connectivity index (χ0v) is 17.0. The summed E-state index contributed by atoms with van der Waals surface area (Å²) in [6.07, 6.45) is 8.16. The molecule has 2 aromatic heterocycles. The molecular weight excluding hydrogens is 372 g/mol. The lowest BCUT2D eigenvalue weighted by molar-refractivity contribution is -0.129. The summed E-state index contributed by atoms with van der Waals surface area (Å²) in [6, 6.07) is 7.93. The number of carbonyl (C=O) groups excluding carboxylic acids is 1. The highest BCUT2D eigenvalue weighted by atomic mass is 32.2. The molecule has 0 saturated carbocycles. The molecule has 0 aliphatic carbocycles. The molecule has 0 atom stereocenters. The third kappa shape index (κ3) is 7.22. The van der Waals surface area contributed by atoms with Crippen molar-refractivity contribution in [3.8, 4) is 0 Å². The van der Waals surface area contributed by atoms with Crippen molar-refractivity contribution in [3.05, 3.63) is 60.2 Å². The molecule has 1 aliphatic rings. The fraction of sp³-hybridized carbons (Fsp3) is 0.476. The first kappa shape index (κ1) is 20.8. The Morgan fingerprint density at radius 1 is 1.11 bits per heavy atom. The van der Waals surface area contributed by atoms with Crippen molar-refractivity contribution in [2.45, 2.75) is 18.7 Å². The van der Waals surface area contributed by atoms with Crippen LogP contribution in [0.2, 0.25) is 0 Å². The molecule has 3 rings (SSSR count). The number of ether oxygens (including phenoxy) is 1. The Bertz CT molecular complexity index is 696. The molecule has 0 spiro atoms. The first-order chi connectivity index (χ1) is 13.8. The van der Waals surface area contributed by atoms with E-state index in [0.29, 0.717) is 12.3 Å². The number of aromatic nitrogens is 2. The second kappa shape index (κ2) is 11.8. The highest BCUT2D eigenvalue weighted by Gasteiger charge is 2.16. The molecular formula is C21H28N4O2S. The summed E-state index contributed by atoms with van der Waals surface area (Å²) in [7, 11) is 0. The number of hydrogen-bond donors (Lipinski definition) is 0. The fourth-order valence-electron chi connectivity index (χ4n) is 3.14. The van der Waals surface area contributed by atoms with Crippen LogP contribution in [0, 0.1) is 0 Å². The highest BCUT2D eigenvalue weighted by Crippen LogP contribution is 2.13. The van der Waals surface area contributed by atoms with Gasteiger partial charge in [-0.15, -0.1) is 11.8 Å². The molecule has 150 valence electrons. The number of nitrogens with zero attached hydrogens (tertiary/aromatic N) is 4. The van der Waals surface area contributed by atoms with E-state index in [1.165, 1.54) is 0 Å². The van der Waals surface area contributed by atoms with Crippen LogP contribution in [0.15, 0.2) is 49.1 Å². The summed E-state index contributed by atoms with van der Waals surface area (Å²) >= 11 is 1.64. The molecule has 2 aromatic rings. The van der Waals surface area contributed by atoms with Gasteiger partial charge in [0.05, 0.1) is 19.0 Å². The molecule has 6 nitrogen and oxygen atoms in total. The maximum absolute atomic E-state index is 12.9. The summed E-state index contributed by atoms with van der Waals surface area (Å²) in [5.41, 5.74) is 2.26. The van der Waals surface area contributed by atoms with Gasteiger partial charge in [-0.1, -0.05) is 6.07 Å². The van der Waals surface area contributed by atoms with E-state index in [1.54, 1.807) is 30.4 Å². The summed E-state index contributed by atoms with van der Waals surface area (Å²) in [4.78, 5) is 25.5. The van der Waals surface area contributed by atoms with Crippen LogP contribution >= 0.6 is 11.8 Å². The number of amides is 1. The smallest absolute Gasteiger partial charge is 0.232 e. The maximum atomic E-state index is 12.9. The van der Waals surface area contributed by atoms with Gasteiger partial charge in [-0.3, -0.25) is 19.7 Å². The van der Waals surface area contributed by atoms with Crippen molar-refractivity contribution in [1.82, 2.24) is 19.8 Å². The number of morpholine rings is 1. The Morgan fingerprint density at radius 3 is 2.68 bits per heavy atom. The standard InChI is InChI=1S/C21H28N4O2S/c26-21(18-28-17-20-3-1-6-23-15-20)25(16-19-4-7-22-8-5-19)10-2-9-24-11-13-27-14-12-24/h1,3-8,15H,2,9-14,16-18H2. The van der Waals surface area contributed by atoms with Crippen molar-refractivity contribution in [2.75, 3.05) is 45.1 Å². The molecule has 0 unspecified atom stereocenters. The number of hydrogen-bond acceptors (Lipinski definition) is 6. The van der Waals surface area contributed by atoms with E-state index in [9.17, 15) is 4.79 Å². The number of thioether (sulfide) groups is 1. The topological polar surface area (TPSA) is 58.6 Å². The van der Waals surface area contributed by atoms with Gasteiger partial charge in [0.2, 0.25) is 5.91 Å². The van der Waals surface area contributed by atoms with Crippen LogP contribution in [0.5, 0.6) is 0 Å². The average Bonchev–Trinajstić information content (AvgIpc) is 2.75. The minimum Gasteiger partial charge on any atom is -0.379 e. The van der Waals surface area contributed by atoms with Crippen LogP contribution in [-0.2, 0) is 21.8 Å². The van der Waals surface area contributed by atoms with E-state index >= 15 is 0 Å². The molecule has 7 heteroatoms. The van der Waals surface area contributed by atoms with E-state index in [4.69, 9.17) is 4.74 Å². The molecule has 1 saturated heterocycles. The second-order valence-electron chi connectivity index (χ2n) is 6.83. The molecule has 0 aromatic carbocycles. The fourth-order valence-corrected chi connectivity index (χ4v) is 4.01. The molecule has 0 N–H and O–H groups in total. The molecule has 1 aliphatic heterocycles. The maximum Gasteiger partial charge on any atom is 0.232 e. The van der Waals surface area contributed by atoms with Gasteiger partial charge in [-0.05, 0) is 35.7 Å². The summed E-state index contributed by atoms with van der Waals surface area (Å²) in [5, 5.41) is 0. The zero-order chi connectivity index (χ0) is 19.4. The normalized spacial score (nSPS) is 14.7.